The Hall–Kier alpha value is -1.80. The molecule has 2 aromatic rings. The Morgan fingerprint density at radius 3 is 2.55 bits per heavy atom. The van der Waals surface area contributed by atoms with E-state index in [1.54, 1.807) is 7.11 Å². The second-order valence-corrected chi connectivity index (χ2v) is 5.26. The number of rotatable bonds is 6. The van der Waals surface area contributed by atoms with Crippen LogP contribution in [0.1, 0.15) is 29.5 Å². The van der Waals surface area contributed by atoms with Gasteiger partial charge in [0.05, 0.1) is 7.11 Å². The van der Waals surface area contributed by atoms with E-state index in [2.05, 4.69) is 61.6 Å². The van der Waals surface area contributed by atoms with Gasteiger partial charge in [-0.3, -0.25) is 0 Å². The van der Waals surface area contributed by atoms with E-state index in [0.717, 1.165) is 18.8 Å². The number of hydrogen-bond donors (Lipinski definition) is 1. The Morgan fingerprint density at radius 2 is 1.85 bits per heavy atom. The predicted molar refractivity (Wildman–Crippen MR) is 84.3 cm³/mol. The highest BCUT2D eigenvalue weighted by Crippen LogP contribution is 2.20. The minimum Gasteiger partial charge on any atom is -0.496 e. The van der Waals surface area contributed by atoms with E-state index in [4.69, 9.17) is 4.74 Å². The molecule has 0 saturated carbocycles. The summed E-state index contributed by atoms with van der Waals surface area (Å²) in [4.78, 5) is 0. The molecule has 1 unspecified atom stereocenters. The third-order valence-electron chi connectivity index (χ3n) is 3.57. The van der Waals surface area contributed by atoms with Crippen LogP contribution in [0.3, 0.4) is 0 Å². The van der Waals surface area contributed by atoms with Crippen molar-refractivity contribution in [3.8, 4) is 5.75 Å². The molecular formula is C18H23NO. The molecule has 2 nitrogen and oxygen atoms in total. The number of methoxy groups -OCH3 is 1. The van der Waals surface area contributed by atoms with Crippen LogP contribution in [0.5, 0.6) is 5.75 Å². The van der Waals surface area contributed by atoms with Crippen molar-refractivity contribution in [3.63, 3.8) is 0 Å². The SMILES string of the molecule is COc1ccc(C)cc1CNCC(C)c1ccccc1. The molecule has 0 bridgehead atoms. The number of hydrogen-bond acceptors (Lipinski definition) is 2. The first-order valence-corrected chi connectivity index (χ1v) is 7.10. The molecule has 2 aromatic carbocycles. The average Bonchev–Trinajstić information content (AvgIpc) is 2.48. The number of nitrogens with one attached hydrogen (secondary N) is 1. The van der Waals surface area contributed by atoms with E-state index in [0.29, 0.717) is 5.92 Å². The third-order valence-corrected chi connectivity index (χ3v) is 3.57. The molecule has 0 aliphatic rings. The average molecular weight is 269 g/mol. The lowest BCUT2D eigenvalue weighted by Gasteiger charge is -2.15. The molecule has 1 atom stereocenters. The van der Waals surface area contributed by atoms with Crippen LogP contribution in [-0.4, -0.2) is 13.7 Å². The van der Waals surface area contributed by atoms with Gasteiger partial charge in [-0.2, -0.15) is 0 Å². The molecular weight excluding hydrogens is 246 g/mol. The fraction of sp³-hybridized carbons (Fsp3) is 0.333. The van der Waals surface area contributed by atoms with Crippen LogP contribution >= 0.6 is 0 Å². The monoisotopic (exact) mass is 269 g/mol. The van der Waals surface area contributed by atoms with Gasteiger partial charge in [-0.15, -0.1) is 0 Å². The van der Waals surface area contributed by atoms with Crippen LogP contribution in [0.4, 0.5) is 0 Å². The van der Waals surface area contributed by atoms with E-state index in [1.165, 1.54) is 16.7 Å². The van der Waals surface area contributed by atoms with Crippen LogP contribution in [0.2, 0.25) is 0 Å². The molecule has 0 saturated heterocycles. The van der Waals surface area contributed by atoms with Gasteiger partial charge >= 0.3 is 0 Å². The maximum atomic E-state index is 5.40. The standard InChI is InChI=1S/C18H23NO/c1-14-9-10-18(20-3)17(11-14)13-19-12-15(2)16-7-5-4-6-8-16/h4-11,15,19H,12-13H2,1-3H3. The van der Waals surface area contributed by atoms with Crippen LogP contribution in [0, 0.1) is 6.92 Å². The van der Waals surface area contributed by atoms with Crippen molar-refractivity contribution < 1.29 is 4.74 Å². The van der Waals surface area contributed by atoms with Crippen LogP contribution < -0.4 is 10.1 Å². The molecule has 0 spiro atoms. The number of aryl methyl sites for hydroxylation is 1. The highest BCUT2D eigenvalue weighted by molar-refractivity contribution is 5.36. The third kappa shape index (κ3) is 3.84. The van der Waals surface area contributed by atoms with Gasteiger partial charge in [0.25, 0.3) is 0 Å². The van der Waals surface area contributed by atoms with Crippen LogP contribution in [0.15, 0.2) is 48.5 Å². The molecule has 0 aliphatic heterocycles. The van der Waals surface area contributed by atoms with Crippen molar-refractivity contribution in [2.24, 2.45) is 0 Å². The summed E-state index contributed by atoms with van der Waals surface area (Å²) in [7, 11) is 1.72. The van der Waals surface area contributed by atoms with Crippen molar-refractivity contribution >= 4 is 0 Å². The van der Waals surface area contributed by atoms with Crippen LogP contribution in [0.25, 0.3) is 0 Å². The predicted octanol–water partition coefficient (Wildman–Crippen LogP) is 3.90. The van der Waals surface area contributed by atoms with E-state index < -0.39 is 0 Å². The fourth-order valence-electron chi connectivity index (χ4n) is 2.37. The van der Waals surface area contributed by atoms with Crippen molar-refractivity contribution in [2.75, 3.05) is 13.7 Å². The molecule has 0 aliphatic carbocycles. The first-order chi connectivity index (χ1) is 9.70. The highest BCUT2D eigenvalue weighted by atomic mass is 16.5. The summed E-state index contributed by atoms with van der Waals surface area (Å²) < 4.78 is 5.40. The second-order valence-electron chi connectivity index (χ2n) is 5.26. The second kappa shape index (κ2) is 7.11. The first-order valence-electron chi connectivity index (χ1n) is 7.10. The Morgan fingerprint density at radius 1 is 1.10 bits per heavy atom. The molecule has 0 amide bonds. The van der Waals surface area contributed by atoms with Gasteiger partial charge in [0.1, 0.15) is 5.75 Å². The minimum absolute atomic E-state index is 0.506. The molecule has 0 aromatic heterocycles. The van der Waals surface area contributed by atoms with Gasteiger partial charge in [-0.1, -0.05) is 55.0 Å². The van der Waals surface area contributed by atoms with Gasteiger partial charge in [-0.05, 0) is 24.5 Å². The molecule has 1 N–H and O–H groups in total. The quantitative estimate of drug-likeness (QED) is 0.859. The maximum Gasteiger partial charge on any atom is 0.123 e. The van der Waals surface area contributed by atoms with E-state index in [9.17, 15) is 0 Å². The Bertz CT molecular complexity index is 536. The van der Waals surface area contributed by atoms with Gasteiger partial charge < -0.3 is 10.1 Å². The maximum absolute atomic E-state index is 5.40. The normalized spacial score (nSPS) is 12.2. The highest BCUT2D eigenvalue weighted by Gasteiger charge is 2.06. The van der Waals surface area contributed by atoms with E-state index in [1.807, 2.05) is 6.07 Å². The first kappa shape index (κ1) is 14.6. The smallest absolute Gasteiger partial charge is 0.123 e. The van der Waals surface area contributed by atoms with E-state index in [-0.39, 0.29) is 0 Å². The fourth-order valence-corrected chi connectivity index (χ4v) is 2.37. The van der Waals surface area contributed by atoms with Crippen LogP contribution in [-0.2, 0) is 6.54 Å². The molecule has 2 rings (SSSR count). The van der Waals surface area contributed by atoms with Crippen molar-refractivity contribution in [1.29, 1.82) is 0 Å². The summed E-state index contributed by atoms with van der Waals surface area (Å²) >= 11 is 0. The lowest BCUT2D eigenvalue weighted by Crippen LogP contribution is -2.20. The molecule has 0 fully saturated rings. The molecule has 2 heteroatoms. The van der Waals surface area contributed by atoms with Gasteiger partial charge in [0.15, 0.2) is 0 Å². The molecule has 0 heterocycles. The minimum atomic E-state index is 0.506. The summed E-state index contributed by atoms with van der Waals surface area (Å²) in [5.74, 6) is 1.46. The Balaban J connectivity index is 1.91. The lowest BCUT2D eigenvalue weighted by atomic mass is 10.0. The Kier molecular flexibility index (Phi) is 5.19. The molecule has 106 valence electrons. The van der Waals surface area contributed by atoms with Crippen molar-refractivity contribution in [3.05, 3.63) is 65.2 Å². The van der Waals surface area contributed by atoms with Gasteiger partial charge in [0.2, 0.25) is 0 Å². The molecule has 0 radical (unpaired) electrons. The van der Waals surface area contributed by atoms with Crippen molar-refractivity contribution in [2.45, 2.75) is 26.3 Å². The summed E-state index contributed by atoms with van der Waals surface area (Å²) in [5, 5.41) is 3.52. The van der Waals surface area contributed by atoms with Gasteiger partial charge in [-0.25, -0.2) is 0 Å². The van der Waals surface area contributed by atoms with E-state index >= 15 is 0 Å². The zero-order valence-corrected chi connectivity index (χ0v) is 12.5. The largest absolute Gasteiger partial charge is 0.496 e. The topological polar surface area (TPSA) is 21.3 Å². The summed E-state index contributed by atoms with van der Waals surface area (Å²) in [6.45, 7) is 6.15. The summed E-state index contributed by atoms with van der Waals surface area (Å²) in [6.07, 6.45) is 0. The Labute approximate surface area is 121 Å². The van der Waals surface area contributed by atoms with Crippen molar-refractivity contribution in [1.82, 2.24) is 5.32 Å². The summed E-state index contributed by atoms with van der Waals surface area (Å²) in [5.41, 5.74) is 3.85. The lowest BCUT2D eigenvalue weighted by molar-refractivity contribution is 0.407. The molecule has 20 heavy (non-hydrogen) atoms. The zero-order valence-electron chi connectivity index (χ0n) is 12.5. The number of benzene rings is 2. The summed E-state index contributed by atoms with van der Waals surface area (Å²) in [6, 6.07) is 16.9. The van der Waals surface area contributed by atoms with Gasteiger partial charge in [0, 0.05) is 18.7 Å². The number of ether oxygens (including phenoxy) is 1. The zero-order chi connectivity index (χ0) is 14.4.